The van der Waals surface area contributed by atoms with E-state index in [0.717, 1.165) is 18.8 Å². The van der Waals surface area contributed by atoms with Crippen LogP contribution in [0, 0.1) is 5.92 Å². The van der Waals surface area contributed by atoms with Gasteiger partial charge in [-0.15, -0.1) is 0 Å². The molecular formula is C12H23NO2. The van der Waals surface area contributed by atoms with Crippen LogP contribution in [0.3, 0.4) is 0 Å². The third-order valence-corrected chi connectivity index (χ3v) is 3.48. The van der Waals surface area contributed by atoms with Crippen molar-refractivity contribution < 1.29 is 9.90 Å². The number of carbonyl (C=O) groups is 1. The zero-order chi connectivity index (χ0) is 11.3. The highest BCUT2D eigenvalue weighted by atomic mass is 16.3. The van der Waals surface area contributed by atoms with E-state index >= 15 is 0 Å². The first-order valence-corrected chi connectivity index (χ1v) is 6.01. The smallest absolute Gasteiger partial charge is 0.222 e. The maximum absolute atomic E-state index is 11.7. The van der Waals surface area contributed by atoms with Gasteiger partial charge in [-0.3, -0.25) is 4.79 Å². The minimum Gasteiger partial charge on any atom is -0.396 e. The van der Waals surface area contributed by atoms with Gasteiger partial charge in [0.15, 0.2) is 0 Å². The van der Waals surface area contributed by atoms with Crippen molar-refractivity contribution in [2.45, 2.75) is 51.5 Å². The molecule has 0 aromatic rings. The normalized spacial score (nSPS) is 26.3. The van der Waals surface area contributed by atoms with Crippen LogP contribution in [0.4, 0.5) is 0 Å². The van der Waals surface area contributed by atoms with Crippen LogP contribution in [0.1, 0.15) is 45.4 Å². The lowest BCUT2D eigenvalue weighted by Crippen LogP contribution is -2.39. The van der Waals surface area contributed by atoms with Crippen LogP contribution in [0.25, 0.3) is 0 Å². The molecule has 0 aromatic carbocycles. The molecule has 0 aliphatic heterocycles. The number of nitrogens with zero attached hydrogens (tertiary/aromatic N) is 1. The predicted octanol–water partition coefficient (Wildman–Crippen LogP) is 1.80. The van der Waals surface area contributed by atoms with Crippen molar-refractivity contribution in [2.24, 2.45) is 5.92 Å². The summed E-state index contributed by atoms with van der Waals surface area (Å²) in [7, 11) is 1.90. The monoisotopic (exact) mass is 213 g/mol. The Hall–Kier alpha value is -0.570. The van der Waals surface area contributed by atoms with Gasteiger partial charge in [0.05, 0.1) is 0 Å². The largest absolute Gasteiger partial charge is 0.396 e. The summed E-state index contributed by atoms with van der Waals surface area (Å²) >= 11 is 0. The number of hydrogen-bond donors (Lipinski definition) is 1. The molecule has 1 fully saturated rings. The van der Waals surface area contributed by atoms with E-state index in [-0.39, 0.29) is 12.5 Å². The van der Waals surface area contributed by atoms with Crippen LogP contribution in [0.15, 0.2) is 0 Å². The second-order valence-electron chi connectivity index (χ2n) is 4.75. The molecule has 0 spiro atoms. The summed E-state index contributed by atoms with van der Waals surface area (Å²) in [6.45, 7) is 2.39. The molecule has 88 valence electrons. The summed E-state index contributed by atoms with van der Waals surface area (Å²) < 4.78 is 0. The Balaban J connectivity index is 2.32. The van der Waals surface area contributed by atoms with Crippen LogP contribution >= 0.6 is 0 Å². The Morgan fingerprint density at radius 3 is 2.47 bits per heavy atom. The number of rotatable bonds is 4. The summed E-state index contributed by atoms with van der Waals surface area (Å²) in [5.74, 6) is 1.01. The minimum absolute atomic E-state index is 0.112. The second-order valence-corrected chi connectivity index (χ2v) is 4.75. The molecule has 1 saturated carbocycles. The summed E-state index contributed by atoms with van der Waals surface area (Å²) in [6.07, 6.45) is 5.83. The van der Waals surface area contributed by atoms with Gasteiger partial charge in [-0.05, 0) is 38.0 Å². The van der Waals surface area contributed by atoms with E-state index < -0.39 is 0 Å². The predicted molar refractivity (Wildman–Crippen MR) is 60.5 cm³/mol. The first-order chi connectivity index (χ1) is 7.15. The van der Waals surface area contributed by atoms with Crippen LogP contribution in [-0.2, 0) is 4.79 Å². The van der Waals surface area contributed by atoms with Crippen molar-refractivity contribution in [2.75, 3.05) is 13.7 Å². The van der Waals surface area contributed by atoms with E-state index in [0.29, 0.717) is 18.9 Å². The fourth-order valence-corrected chi connectivity index (χ4v) is 2.24. The number of aliphatic hydroxyl groups is 1. The molecule has 0 saturated heterocycles. The van der Waals surface area contributed by atoms with Crippen molar-refractivity contribution in [1.29, 1.82) is 0 Å². The molecule has 0 aromatic heterocycles. The van der Waals surface area contributed by atoms with Crippen LogP contribution < -0.4 is 0 Å². The Morgan fingerprint density at radius 1 is 1.33 bits per heavy atom. The lowest BCUT2D eigenvalue weighted by molar-refractivity contribution is -0.133. The molecule has 1 aliphatic carbocycles. The molecule has 0 radical (unpaired) electrons. The molecule has 1 N–H and O–H groups in total. The maximum atomic E-state index is 11.7. The van der Waals surface area contributed by atoms with Gasteiger partial charge in [-0.25, -0.2) is 0 Å². The number of amides is 1. The van der Waals surface area contributed by atoms with E-state index in [2.05, 4.69) is 6.92 Å². The second kappa shape index (κ2) is 6.11. The SMILES string of the molecule is CC1CCC(N(C)C(=O)CCCO)CC1. The highest BCUT2D eigenvalue weighted by Crippen LogP contribution is 2.26. The lowest BCUT2D eigenvalue weighted by atomic mass is 9.86. The molecule has 0 heterocycles. The minimum atomic E-state index is 0.112. The van der Waals surface area contributed by atoms with Crippen molar-refractivity contribution >= 4 is 5.91 Å². The van der Waals surface area contributed by atoms with E-state index in [4.69, 9.17) is 5.11 Å². The Labute approximate surface area is 92.5 Å². The molecule has 15 heavy (non-hydrogen) atoms. The first-order valence-electron chi connectivity index (χ1n) is 6.01. The topological polar surface area (TPSA) is 40.5 Å². The third-order valence-electron chi connectivity index (χ3n) is 3.48. The number of hydrogen-bond acceptors (Lipinski definition) is 2. The van der Waals surface area contributed by atoms with E-state index in [1.807, 2.05) is 11.9 Å². The van der Waals surface area contributed by atoms with Crippen molar-refractivity contribution in [1.82, 2.24) is 4.90 Å². The van der Waals surface area contributed by atoms with E-state index in [1.54, 1.807) is 0 Å². The maximum Gasteiger partial charge on any atom is 0.222 e. The fourth-order valence-electron chi connectivity index (χ4n) is 2.24. The highest BCUT2D eigenvalue weighted by Gasteiger charge is 2.24. The van der Waals surface area contributed by atoms with Gasteiger partial charge >= 0.3 is 0 Å². The van der Waals surface area contributed by atoms with Crippen LogP contribution in [0.2, 0.25) is 0 Å². The summed E-state index contributed by atoms with van der Waals surface area (Å²) in [4.78, 5) is 13.6. The zero-order valence-corrected chi connectivity index (χ0v) is 9.91. The van der Waals surface area contributed by atoms with Crippen molar-refractivity contribution in [3.05, 3.63) is 0 Å². The number of aliphatic hydroxyl groups excluding tert-OH is 1. The van der Waals surface area contributed by atoms with Crippen molar-refractivity contribution in [3.8, 4) is 0 Å². The zero-order valence-electron chi connectivity index (χ0n) is 9.91. The fraction of sp³-hybridized carbons (Fsp3) is 0.917. The lowest BCUT2D eigenvalue weighted by Gasteiger charge is -2.33. The van der Waals surface area contributed by atoms with Gasteiger partial charge in [-0.1, -0.05) is 6.92 Å². The van der Waals surface area contributed by atoms with E-state index in [1.165, 1.54) is 12.8 Å². The first kappa shape index (κ1) is 12.5. The van der Waals surface area contributed by atoms with Gasteiger partial charge < -0.3 is 10.0 Å². The average Bonchev–Trinajstić information content (AvgIpc) is 2.26. The van der Waals surface area contributed by atoms with E-state index in [9.17, 15) is 4.79 Å². The molecule has 0 bridgehead atoms. The molecule has 1 rings (SSSR count). The Morgan fingerprint density at radius 2 is 1.93 bits per heavy atom. The summed E-state index contributed by atoms with van der Waals surface area (Å²) in [6, 6.07) is 0.437. The van der Waals surface area contributed by atoms with Gasteiger partial charge in [-0.2, -0.15) is 0 Å². The molecule has 0 unspecified atom stereocenters. The Bertz CT molecular complexity index is 198. The van der Waals surface area contributed by atoms with Crippen LogP contribution in [-0.4, -0.2) is 35.6 Å². The molecular weight excluding hydrogens is 190 g/mol. The molecule has 3 heteroatoms. The van der Waals surface area contributed by atoms with Crippen molar-refractivity contribution in [3.63, 3.8) is 0 Å². The van der Waals surface area contributed by atoms with Crippen LogP contribution in [0.5, 0.6) is 0 Å². The standard InChI is InChI=1S/C12H23NO2/c1-10-5-7-11(8-6-10)13(2)12(15)4-3-9-14/h10-11,14H,3-9H2,1-2H3. The molecule has 0 atom stereocenters. The highest BCUT2D eigenvalue weighted by molar-refractivity contribution is 5.76. The Kier molecular flexibility index (Phi) is 5.09. The van der Waals surface area contributed by atoms with Gasteiger partial charge in [0.1, 0.15) is 0 Å². The average molecular weight is 213 g/mol. The molecule has 3 nitrogen and oxygen atoms in total. The van der Waals surface area contributed by atoms with Gasteiger partial charge in [0, 0.05) is 26.1 Å². The molecule has 1 aliphatic rings. The third kappa shape index (κ3) is 3.82. The quantitative estimate of drug-likeness (QED) is 0.773. The summed E-state index contributed by atoms with van der Waals surface area (Å²) in [5, 5.41) is 8.67. The van der Waals surface area contributed by atoms with Gasteiger partial charge in [0.25, 0.3) is 0 Å². The summed E-state index contributed by atoms with van der Waals surface area (Å²) in [5.41, 5.74) is 0. The van der Waals surface area contributed by atoms with Gasteiger partial charge in [0.2, 0.25) is 5.91 Å². The number of carbonyl (C=O) groups excluding carboxylic acids is 1. The molecule has 1 amide bonds.